The fraction of sp³-hybridized carbons (Fsp3) is 0.385. The van der Waals surface area contributed by atoms with Gasteiger partial charge in [-0.3, -0.25) is 10.1 Å². The number of hydrogen-bond donors (Lipinski definition) is 2. The van der Waals surface area contributed by atoms with Crippen LogP contribution >= 0.6 is 23.1 Å². The van der Waals surface area contributed by atoms with E-state index in [0.29, 0.717) is 11.6 Å². The highest BCUT2D eigenvalue weighted by Crippen LogP contribution is 2.23. The van der Waals surface area contributed by atoms with E-state index in [1.807, 2.05) is 29.1 Å². The summed E-state index contributed by atoms with van der Waals surface area (Å²) in [5, 5.41) is 15.1. The average molecular weight is 339 g/mol. The van der Waals surface area contributed by atoms with Crippen molar-refractivity contribution in [3.63, 3.8) is 0 Å². The minimum absolute atomic E-state index is 0.368. The third kappa shape index (κ3) is 4.08. The first-order valence-electron chi connectivity index (χ1n) is 6.61. The van der Waals surface area contributed by atoms with Crippen LogP contribution in [0.25, 0.3) is 0 Å². The number of carbonyl (C=O) groups excluding carboxylic acids is 2. The number of rotatable bonds is 5. The maximum atomic E-state index is 11.8. The van der Waals surface area contributed by atoms with E-state index >= 15 is 0 Å². The third-order valence-electron chi connectivity index (χ3n) is 2.95. The Morgan fingerprint density at radius 2 is 2.23 bits per heavy atom. The minimum atomic E-state index is -0.520. The Morgan fingerprint density at radius 3 is 2.86 bits per heavy atom. The molecule has 0 spiro atoms. The summed E-state index contributed by atoms with van der Waals surface area (Å²) in [5.41, 5.74) is 0. The molecule has 2 aromatic rings. The molecule has 9 heteroatoms. The molecule has 7 nitrogen and oxygen atoms in total. The molecule has 0 saturated heterocycles. The van der Waals surface area contributed by atoms with Crippen molar-refractivity contribution in [1.29, 1.82) is 0 Å². The smallest absolute Gasteiger partial charge is 0.321 e. The van der Waals surface area contributed by atoms with Gasteiger partial charge in [-0.05, 0) is 18.4 Å². The molecule has 2 aromatic heterocycles. The van der Waals surface area contributed by atoms with Crippen molar-refractivity contribution in [1.82, 2.24) is 25.4 Å². The van der Waals surface area contributed by atoms with Gasteiger partial charge in [0.1, 0.15) is 5.82 Å². The summed E-state index contributed by atoms with van der Waals surface area (Å²) in [7, 11) is 3.33. The van der Waals surface area contributed by atoms with Crippen LogP contribution in [0.4, 0.5) is 4.79 Å². The number of aromatic nitrogens is 3. The van der Waals surface area contributed by atoms with E-state index in [1.54, 1.807) is 18.3 Å². The van der Waals surface area contributed by atoms with Crippen LogP contribution in [0.15, 0.2) is 22.7 Å². The molecule has 2 N–H and O–H groups in total. The van der Waals surface area contributed by atoms with Gasteiger partial charge in [-0.15, -0.1) is 21.5 Å². The number of urea groups is 1. The predicted octanol–water partition coefficient (Wildman–Crippen LogP) is 1.40. The second kappa shape index (κ2) is 7.41. The van der Waals surface area contributed by atoms with E-state index in [2.05, 4.69) is 20.8 Å². The van der Waals surface area contributed by atoms with Crippen LogP contribution in [0.5, 0.6) is 0 Å². The van der Waals surface area contributed by atoms with Gasteiger partial charge in [0, 0.05) is 25.4 Å². The van der Waals surface area contributed by atoms with Crippen LogP contribution in [-0.4, -0.2) is 39.0 Å². The molecule has 0 aliphatic rings. The van der Waals surface area contributed by atoms with Crippen LogP contribution in [-0.2, 0) is 18.3 Å². The molecule has 0 fully saturated rings. The monoisotopic (exact) mass is 339 g/mol. The van der Waals surface area contributed by atoms with Crippen molar-refractivity contribution in [2.75, 3.05) is 7.05 Å². The zero-order valence-electron chi connectivity index (χ0n) is 12.5. The first-order chi connectivity index (χ1) is 10.5. The highest BCUT2D eigenvalue weighted by atomic mass is 32.2. The molecule has 0 radical (unpaired) electrons. The SMILES string of the molecule is CNC(=O)NC(=O)C(C)Sc1nnc(Cc2cccs2)n1C. The Balaban J connectivity index is 2.00. The maximum absolute atomic E-state index is 11.8. The first kappa shape index (κ1) is 16.5. The summed E-state index contributed by atoms with van der Waals surface area (Å²) in [6, 6.07) is 3.52. The zero-order valence-corrected chi connectivity index (χ0v) is 14.1. The molecule has 118 valence electrons. The summed E-state index contributed by atoms with van der Waals surface area (Å²) in [6.07, 6.45) is 0.709. The quantitative estimate of drug-likeness (QED) is 0.804. The summed E-state index contributed by atoms with van der Waals surface area (Å²) < 4.78 is 1.87. The van der Waals surface area contributed by atoms with Gasteiger partial charge in [0.05, 0.1) is 5.25 Å². The van der Waals surface area contributed by atoms with Crippen LogP contribution in [0.1, 0.15) is 17.6 Å². The van der Waals surface area contributed by atoms with E-state index in [0.717, 1.165) is 5.82 Å². The number of carbonyl (C=O) groups is 2. The largest absolute Gasteiger partial charge is 0.341 e. The molecule has 1 unspecified atom stereocenters. The number of amides is 3. The van der Waals surface area contributed by atoms with Crippen molar-refractivity contribution in [3.05, 3.63) is 28.2 Å². The Hall–Kier alpha value is -1.87. The molecule has 1 atom stereocenters. The molecule has 2 rings (SSSR count). The van der Waals surface area contributed by atoms with Gasteiger partial charge in [0.25, 0.3) is 0 Å². The number of hydrogen-bond acceptors (Lipinski definition) is 6. The number of thioether (sulfide) groups is 1. The van der Waals surface area contributed by atoms with Crippen LogP contribution in [0, 0.1) is 0 Å². The second-order valence-corrected chi connectivity index (χ2v) is 6.88. The molecule has 3 amide bonds. The van der Waals surface area contributed by atoms with Crippen molar-refractivity contribution in [3.8, 4) is 0 Å². The Labute approximate surface area is 136 Å². The van der Waals surface area contributed by atoms with Gasteiger partial charge in [-0.1, -0.05) is 17.8 Å². The van der Waals surface area contributed by atoms with Crippen LogP contribution < -0.4 is 10.6 Å². The van der Waals surface area contributed by atoms with Gasteiger partial charge in [0.2, 0.25) is 5.91 Å². The molecule has 2 heterocycles. The highest BCUT2D eigenvalue weighted by molar-refractivity contribution is 8.00. The molecule has 0 aliphatic carbocycles. The minimum Gasteiger partial charge on any atom is -0.341 e. The van der Waals surface area contributed by atoms with Gasteiger partial charge >= 0.3 is 6.03 Å². The summed E-state index contributed by atoms with van der Waals surface area (Å²) in [6.45, 7) is 1.72. The van der Waals surface area contributed by atoms with Gasteiger partial charge < -0.3 is 9.88 Å². The van der Waals surface area contributed by atoms with Gasteiger partial charge in [-0.25, -0.2) is 4.79 Å². The third-order valence-corrected chi connectivity index (χ3v) is 4.96. The first-order valence-corrected chi connectivity index (χ1v) is 8.37. The molecule has 0 bridgehead atoms. The van der Waals surface area contributed by atoms with Crippen molar-refractivity contribution >= 4 is 35.0 Å². The van der Waals surface area contributed by atoms with Crippen LogP contribution in [0.2, 0.25) is 0 Å². The van der Waals surface area contributed by atoms with Crippen LogP contribution in [0.3, 0.4) is 0 Å². The van der Waals surface area contributed by atoms with Crippen molar-refractivity contribution in [2.24, 2.45) is 7.05 Å². The molecular weight excluding hydrogens is 322 g/mol. The summed E-state index contributed by atoms with van der Waals surface area (Å²) >= 11 is 2.93. The fourth-order valence-electron chi connectivity index (χ4n) is 1.66. The number of nitrogens with one attached hydrogen (secondary N) is 2. The topological polar surface area (TPSA) is 88.9 Å². The lowest BCUT2D eigenvalue weighted by Crippen LogP contribution is -2.41. The molecule has 22 heavy (non-hydrogen) atoms. The van der Waals surface area contributed by atoms with Crippen molar-refractivity contribution < 1.29 is 9.59 Å². The Bertz CT molecular complexity index is 653. The second-order valence-electron chi connectivity index (χ2n) is 4.54. The van der Waals surface area contributed by atoms with Gasteiger partial charge in [-0.2, -0.15) is 0 Å². The van der Waals surface area contributed by atoms with E-state index in [9.17, 15) is 9.59 Å². The van der Waals surface area contributed by atoms with E-state index in [4.69, 9.17) is 0 Å². The number of thiophene rings is 1. The van der Waals surface area contributed by atoms with E-state index < -0.39 is 11.3 Å². The summed E-state index contributed by atoms with van der Waals surface area (Å²) in [5.74, 6) is 0.469. The summed E-state index contributed by atoms with van der Waals surface area (Å²) in [4.78, 5) is 24.2. The lowest BCUT2D eigenvalue weighted by Gasteiger charge is -2.10. The maximum Gasteiger partial charge on any atom is 0.321 e. The lowest BCUT2D eigenvalue weighted by atomic mass is 10.3. The average Bonchev–Trinajstić information content (AvgIpc) is 3.12. The van der Waals surface area contributed by atoms with Gasteiger partial charge in [0.15, 0.2) is 5.16 Å². The fourth-order valence-corrected chi connectivity index (χ4v) is 3.19. The standard InChI is InChI=1S/C13H17N5O2S2/c1-8(11(19)15-12(20)14-2)22-13-17-16-10(18(13)3)7-9-5-4-6-21-9/h4-6,8H,7H2,1-3H3,(H2,14,15,19,20). The van der Waals surface area contributed by atoms with E-state index in [-0.39, 0.29) is 5.91 Å². The molecule has 0 aromatic carbocycles. The molecule has 0 saturated carbocycles. The predicted molar refractivity (Wildman–Crippen MR) is 86.0 cm³/mol. The normalized spacial score (nSPS) is 12.0. The Kier molecular flexibility index (Phi) is 5.56. The molecule has 0 aliphatic heterocycles. The van der Waals surface area contributed by atoms with E-state index in [1.165, 1.54) is 23.7 Å². The Morgan fingerprint density at radius 1 is 1.45 bits per heavy atom. The zero-order chi connectivity index (χ0) is 16.1. The van der Waals surface area contributed by atoms with Crippen molar-refractivity contribution in [2.45, 2.75) is 23.8 Å². The lowest BCUT2D eigenvalue weighted by molar-refractivity contribution is -0.119. The molecular formula is C13H17N5O2S2. The highest BCUT2D eigenvalue weighted by Gasteiger charge is 2.20. The number of imide groups is 1. The number of nitrogens with zero attached hydrogens (tertiary/aromatic N) is 3.